The number of nitrogens with zero attached hydrogens (tertiary/aromatic N) is 2. The number of benzene rings is 1. The number of hydrogen-bond donors (Lipinski definition) is 2. The van der Waals surface area contributed by atoms with Crippen molar-refractivity contribution in [2.24, 2.45) is 5.73 Å². The summed E-state index contributed by atoms with van der Waals surface area (Å²) in [7, 11) is 0. The van der Waals surface area contributed by atoms with Crippen molar-refractivity contribution in [3.63, 3.8) is 0 Å². The van der Waals surface area contributed by atoms with Crippen LogP contribution in [0.5, 0.6) is 0 Å². The molecule has 6 heteroatoms. The maximum Gasteiger partial charge on any atom is 0.318 e. The fourth-order valence-electron chi connectivity index (χ4n) is 2.37. The molecule has 2 heterocycles. The van der Waals surface area contributed by atoms with Crippen LogP contribution in [0.3, 0.4) is 0 Å². The molecular formula is C13H16N4O2. The minimum absolute atomic E-state index is 0.0266. The van der Waals surface area contributed by atoms with Gasteiger partial charge in [-0.15, -0.1) is 0 Å². The lowest BCUT2D eigenvalue weighted by Gasteiger charge is -2.16. The summed E-state index contributed by atoms with van der Waals surface area (Å²) in [5.74, 6) is 0. The number of oxazole rings is 1. The molecule has 1 aromatic carbocycles. The number of nitrogens with two attached hydrogens (primary N) is 1. The molecule has 19 heavy (non-hydrogen) atoms. The molecule has 3 N–H and O–H groups in total. The fraction of sp³-hybridized carbons (Fsp3) is 0.385. The average molecular weight is 260 g/mol. The van der Waals surface area contributed by atoms with Gasteiger partial charge in [-0.3, -0.25) is 0 Å². The quantitative estimate of drug-likeness (QED) is 0.869. The molecule has 2 aromatic rings. The Kier molecular flexibility index (Phi) is 2.87. The van der Waals surface area contributed by atoms with Gasteiger partial charge in [0.05, 0.1) is 6.04 Å². The number of hydrogen-bond acceptors (Lipinski definition) is 4. The molecule has 1 aromatic heterocycles. The minimum Gasteiger partial charge on any atom is -0.443 e. The van der Waals surface area contributed by atoms with E-state index in [1.165, 1.54) is 6.39 Å². The third kappa shape index (κ3) is 2.26. The summed E-state index contributed by atoms with van der Waals surface area (Å²) in [6.07, 6.45) is 1.42. The van der Waals surface area contributed by atoms with Crippen LogP contribution < -0.4 is 11.1 Å². The van der Waals surface area contributed by atoms with Crippen molar-refractivity contribution in [3.8, 4) is 0 Å². The van der Waals surface area contributed by atoms with Gasteiger partial charge in [0.25, 0.3) is 0 Å². The molecule has 0 spiro atoms. The molecule has 0 saturated carbocycles. The summed E-state index contributed by atoms with van der Waals surface area (Å²) >= 11 is 0. The maximum absolute atomic E-state index is 11.8. The summed E-state index contributed by atoms with van der Waals surface area (Å²) in [4.78, 5) is 17.6. The standard InChI is InChI=1S/C13H16N4O2/c1-8(14)5-17-6-11(16-13(17)18)9-2-3-10-12(4-9)19-7-15-10/h2-4,7-8,11H,5-6,14H2,1H3,(H,16,18). The van der Waals surface area contributed by atoms with E-state index in [0.717, 1.165) is 16.7 Å². The number of rotatable bonds is 3. The molecule has 3 rings (SSSR count). The highest BCUT2D eigenvalue weighted by Gasteiger charge is 2.30. The Hall–Kier alpha value is -2.08. The second kappa shape index (κ2) is 4.55. The van der Waals surface area contributed by atoms with E-state index >= 15 is 0 Å². The predicted octanol–water partition coefficient (Wildman–Crippen LogP) is 1.24. The third-order valence-corrected chi connectivity index (χ3v) is 3.25. The van der Waals surface area contributed by atoms with Crippen LogP contribution in [0.2, 0.25) is 0 Å². The smallest absolute Gasteiger partial charge is 0.318 e. The number of nitrogens with one attached hydrogen (secondary N) is 1. The van der Waals surface area contributed by atoms with E-state index in [1.54, 1.807) is 4.90 Å². The Morgan fingerprint density at radius 2 is 2.47 bits per heavy atom. The average Bonchev–Trinajstić information content (AvgIpc) is 2.95. The number of carbonyl (C=O) groups excluding carboxylic acids is 1. The van der Waals surface area contributed by atoms with Crippen LogP contribution in [0.1, 0.15) is 18.5 Å². The van der Waals surface area contributed by atoms with Crippen LogP contribution in [0.4, 0.5) is 4.79 Å². The van der Waals surface area contributed by atoms with E-state index in [9.17, 15) is 4.79 Å². The highest BCUT2D eigenvalue weighted by atomic mass is 16.3. The molecule has 2 atom stereocenters. The summed E-state index contributed by atoms with van der Waals surface area (Å²) in [6.45, 7) is 3.08. The van der Waals surface area contributed by atoms with Crippen molar-refractivity contribution in [2.75, 3.05) is 13.1 Å². The van der Waals surface area contributed by atoms with Gasteiger partial charge in [-0.25, -0.2) is 9.78 Å². The Morgan fingerprint density at radius 3 is 3.26 bits per heavy atom. The molecule has 1 saturated heterocycles. The first-order valence-electron chi connectivity index (χ1n) is 6.27. The molecule has 100 valence electrons. The van der Waals surface area contributed by atoms with Crippen molar-refractivity contribution in [1.29, 1.82) is 0 Å². The van der Waals surface area contributed by atoms with Crippen molar-refractivity contribution in [1.82, 2.24) is 15.2 Å². The van der Waals surface area contributed by atoms with Gasteiger partial charge in [0.15, 0.2) is 12.0 Å². The third-order valence-electron chi connectivity index (χ3n) is 3.25. The largest absolute Gasteiger partial charge is 0.443 e. The van der Waals surface area contributed by atoms with Crippen LogP contribution in [-0.2, 0) is 0 Å². The number of aromatic nitrogens is 1. The SMILES string of the molecule is CC(N)CN1CC(c2ccc3ncoc3c2)NC1=O. The zero-order valence-corrected chi connectivity index (χ0v) is 10.7. The van der Waals surface area contributed by atoms with Crippen LogP contribution >= 0.6 is 0 Å². The highest BCUT2D eigenvalue weighted by molar-refractivity contribution is 5.78. The zero-order valence-electron chi connectivity index (χ0n) is 10.7. The van der Waals surface area contributed by atoms with Crippen molar-refractivity contribution >= 4 is 17.1 Å². The van der Waals surface area contributed by atoms with E-state index < -0.39 is 0 Å². The van der Waals surface area contributed by atoms with E-state index in [-0.39, 0.29) is 18.1 Å². The molecule has 0 bridgehead atoms. The molecule has 1 fully saturated rings. The second-order valence-electron chi connectivity index (χ2n) is 4.96. The van der Waals surface area contributed by atoms with Crippen molar-refractivity contribution in [2.45, 2.75) is 19.0 Å². The van der Waals surface area contributed by atoms with Crippen LogP contribution in [0.15, 0.2) is 29.0 Å². The van der Waals surface area contributed by atoms with Crippen LogP contribution in [-0.4, -0.2) is 35.0 Å². The monoisotopic (exact) mass is 260 g/mol. The normalized spacial score (nSPS) is 20.8. The highest BCUT2D eigenvalue weighted by Crippen LogP contribution is 2.23. The van der Waals surface area contributed by atoms with Crippen LogP contribution in [0, 0.1) is 0 Å². The first kappa shape index (κ1) is 12.0. The van der Waals surface area contributed by atoms with Gasteiger partial charge in [-0.05, 0) is 24.6 Å². The minimum atomic E-state index is -0.0695. The van der Waals surface area contributed by atoms with Crippen molar-refractivity contribution in [3.05, 3.63) is 30.2 Å². The maximum atomic E-state index is 11.8. The van der Waals surface area contributed by atoms with E-state index in [1.807, 2.05) is 25.1 Å². The lowest BCUT2D eigenvalue weighted by molar-refractivity contribution is 0.215. The Morgan fingerprint density at radius 1 is 1.63 bits per heavy atom. The van der Waals surface area contributed by atoms with E-state index in [0.29, 0.717) is 13.1 Å². The van der Waals surface area contributed by atoms with E-state index in [2.05, 4.69) is 10.3 Å². The lowest BCUT2D eigenvalue weighted by Crippen LogP contribution is -2.37. The number of carbonyl (C=O) groups is 1. The van der Waals surface area contributed by atoms with Crippen molar-refractivity contribution < 1.29 is 9.21 Å². The van der Waals surface area contributed by atoms with Gasteiger partial charge < -0.3 is 20.4 Å². The second-order valence-corrected chi connectivity index (χ2v) is 4.96. The molecular weight excluding hydrogens is 244 g/mol. The number of fused-ring (bicyclic) bond motifs is 1. The van der Waals surface area contributed by atoms with Gasteiger partial charge in [0.1, 0.15) is 5.52 Å². The molecule has 1 aliphatic rings. The number of amides is 2. The predicted molar refractivity (Wildman–Crippen MR) is 70.5 cm³/mol. The number of urea groups is 1. The Bertz CT molecular complexity index is 607. The first-order valence-corrected chi connectivity index (χ1v) is 6.27. The topological polar surface area (TPSA) is 84.4 Å². The summed E-state index contributed by atoms with van der Waals surface area (Å²) in [6, 6.07) is 5.66. The van der Waals surface area contributed by atoms with Gasteiger partial charge >= 0.3 is 6.03 Å². The Balaban J connectivity index is 1.81. The van der Waals surface area contributed by atoms with Gasteiger partial charge in [-0.1, -0.05) is 6.07 Å². The zero-order chi connectivity index (χ0) is 13.4. The fourth-order valence-corrected chi connectivity index (χ4v) is 2.37. The van der Waals surface area contributed by atoms with Gasteiger partial charge in [-0.2, -0.15) is 0 Å². The van der Waals surface area contributed by atoms with Gasteiger partial charge in [0.2, 0.25) is 0 Å². The summed E-state index contributed by atoms with van der Waals surface area (Å²) in [5.41, 5.74) is 8.31. The Labute approximate surface area is 110 Å². The summed E-state index contributed by atoms with van der Waals surface area (Å²) < 4.78 is 5.28. The molecule has 6 nitrogen and oxygen atoms in total. The molecule has 1 aliphatic heterocycles. The molecule has 0 aliphatic carbocycles. The van der Waals surface area contributed by atoms with Gasteiger partial charge in [0, 0.05) is 19.1 Å². The lowest BCUT2D eigenvalue weighted by atomic mass is 10.1. The van der Waals surface area contributed by atoms with E-state index in [4.69, 9.17) is 10.2 Å². The molecule has 2 amide bonds. The molecule has 0 radical (unpaired) electrons. The molecule has 2 unspecified atom stereocenters. The first-order chi connectivity index (χ1) is 9.13. The summed E-state index contributed by atoms with van der Waals surface area (Å²) in [5, 5.41) is 2.95. The van der Waals surface area contributed by atoms with Crippen LogP contribution in [0.25, 0.3) is 11.1 Å².